The molecule has 1 rings (SSSR count). The smallest absolute Gasteiger partial charge is 0.222 e. The van der Waals surface area contributed by atoms with Crippen molar-refractivity contribution in [3.05, 3.63) is 0 Å². The number of carbonyl (C=O) groups excluding carboxylic acids is 1. The van der Waals surface area contributed by atoms with Crippen LogP contribution in [0.2, 0.25) is 0 Å². The molecule has 0 saturated carbocycles. The van der Waals surface area contributed by atoms with Crippen LogP contribution in [0.4, 0.5) is 0 Å². The normalized spacial score (nSPS) is 25.9. The maximum atomic E-state index is 11.7. The third kappa shape index (κ3) is 3.33. The number of nitrogens with zero attached hydrogens (tertiary/aromatic N) is 1. The number of halogens is 1. The number of likely N-dealkylation sites (tertiary alicyclic amines) is 1. The number of carbonyl (C=O) groups is 1. The number of hydrogen-bond acceptors (Lipinski definition) is 3. The summed E-state index contributed by atoms with van der Waals surface area (Å²) in [6.45, 7) is 1.24. The lowest BCUT2D eigenvalue weighted by atomic mass is 10.3. The Balaban J connectivity index is 2.42. The predicted molar refractivity (Wildman–Crippen MR) is 58.1 cm³/mol. The van der Waals surface area contributed by atoms with Crippen molar-refractivity contribution in [1.29, 1.82) is 0 Å². The molecule has 5 heteroatoms. The highest BCUT2D eigenvalue weighted by Crippen LogP contribution is 2.16. The van der Waals surface area contributed by atoms with Gasteiger partial charge >= 0.3 is 0 Å². The van der Waals surface area contributed by atoms with Gasteiger partial charge in [-0.05, 0) is 6.42 Å². The second kappa shape index (κ2) is 6.30. The van der Waals surface area contributed by atoms with Crippen LogP contribution in [0.15, 0.2) is 0 Å². The molecule has 15 heavy (non-hydrogen) atoms. The van der Waals surface area contributed by atoms with Crippen LogP contribution in [0.25, 0.3) is 0 Å². The fourth-order valence-corrected chi connectivity index (χ4v) is 1.91. The first-order chi connectivity index (χ1) is 7.22. The zero-order valence-electron chi connectivity index (χ0n) is 9.24. The quantitative estimate of drug-likeness (QED) is 0.664. The molecule has 88 valence electrons. The summed E-state index contributed by atoms with van der Waals surface area (Å²) in [6.07, 6.45) is 1.23. The van der Waals surface area contributed by atoms with Crippen LogP contribution >= 0.6 is 11.6 Å². The van der Waals surface area contributed by atoms with Crippen molar-refractivity contribution >= 4 is 17.5 Å². The number of rotatable bonds is 5. The second-order valence-electron chi connectivity index (χ2n) is 3.64. The summed E-state index contributed by atoms with van der Waals surface area (Å²) in [4.78, 5) is 13.5. The van der Waals surface area contributed by atoms with Crippen molar-refractivity contribution in [3.63, 3.8) is 0 Å². The minimum absolute atomic E-state index is 0.00467. The minimum Gasteiger partial charge on any atom is -0.377 e. The van der Waals surface area contributed by atoms with Gasteiger partial charge in [-0.25, -0.2) is 0 Å². The monoisotopic (exact) mass is 235 g/mol. The Kier molecular flexibility index (Phi) is 5.36. The van der Waals surface area contributed by atoms with Gasteiger partial charge in [0.2, 0.25) is 5.91 Å². The summed E-state index contributed by atoms with van der Waals surface area (Å²) in [5.74, 6) is 0.665. The lowest BCUT2D eigenvalue weighted by Gasteiger charge is -2.15. The van der Waals surface area contributed by atoms with Crippen molar-refractivity contribution in [2.45, 2.75) is 25.0 Å². The van der Waals surface area contributed by atoms with Gasteiger partial charge in [-0.15, -0.1) is 11.6 Å². The lowest BCUT2D eigenvalue weighted by Crippen LogP contribution is -2.29. The van der Waals surface area contributed by atoms with Crippen molar-refractivity contribution < 1.29 is 14.3 Å². The topological polar surface area (TPSA) is 38.8 Å². The van der Waals surface area contributed by atoms with Crippen molar-refractivity contribution in [2.24, 2.45) is 0 Å². The SMILES string of the molecule is COC1CN(C(=O)CCCCl)CC1OC. The second-order valence-corrected chi connectivity index (χ2v) is 4.02. The van der Waals surface area contributed by atoms with E-state index in [0.717, 1.165) is 6.42 Å². The van der Waals surface area contributed by atoms with Crippen LogP contribution < -0.4 is 0 Å². The molecular formula is C10H18ClNO3. The number of methoxy groups -OCH3 is 2. The van der Waals surface area contributed by atoms with Crippen LogP contribution in [0.3, 0.4) is 0 Å². The molecule has 1 aliphatic heterocycles. The predicted octanol–water partition coefficient (Wildman–Crippen LogP) is 0.878. The molecule has 4 nitrogen and oxygen atoms in total. The van der Waals surface area contributed by atoms with E-state index in [4.69, 9.17) is 21.1 Å². The molecule has 0 aromatic carbocycles. The molecule has 0 aromatic heterocycles. The van der Waals surface area contributed by atoms with Gasteiger partial charge in [-0.1, -0.05) is 0 Å². The van der Waals surface area contributed by atoms with E-state index in [1.165, 1.54) is 0 Å². The molecular weight excluding hydrogens is 218 g/mol. The van der Waals surface area contributed by atoms with Gasteiger partial charge in [0.1, 0.15) is 12.2 Å². The van der Waals surface area contributed by atoms with E-state index in [1.807, 2.05) is 0 Å². The van der Waals surface area contributed by atoms with Gasteiger partial charge in [0.15, 0.2) is 0 Å². The van der Waals surface area contributed by atoms with Gasteiger partial charge in [-0.2, -0.15) is 0 Å². The fraction of sp³-hybridized carbons (Fsp3) is 0.900. The fourth-order valence-electron chi connectivity index (χ4n) is 1.78. The third-order valence-corrected chi connectivity index (χ3v) is 2.97. The molecule has 0 aromatic rings. The molecule has 0 bridgehead atoms. The highest BCUT2D eigenvalue weighted by Gasteiger charge is 2.34. The van der Waals surface area contributed by atoms with Gasteiger partial charge in [-0.3, -0.25) is 4.79 Å². The number of amides is 1. The average Bonchev–Trinajstić information content (AvgIpc) is 2.68. The molecule has 0 spiro atoms. The van der Waals surface area contributed by atoms with E-state index < -0.39 is 0 Å². The third-order valence-electron chi connectivity index (χ3n) is 2.70. The van der Waals surface area contributed by atoms with Gasteiger partial charge in [0.05, 0.1) is 0 Å². The first-order valence-electron chi connectivity index (χ1n) is 5.12. The van der Waals surface area contributed by atoms with Gasteiger partial charge in [0.25, 0.3) is 0 Å². The summed E-state index contributed by atoms with van der Waals surface area (Å²) in [6, 6.07) is 0. The number of alkyl halides is 1. The molecule has 2 unspecified atom stereocenters. The maximum Gasteiger partial charge on any atom is 0.222 e. The molecule has 1 heterocycles. The summed E-state index contributed by atoms with van der Waals surface area (Å²) < 4.78 is 10.5. The molecule has 1 aliphatic rings. The van der Waals surface area contributed by atoms with Gasteiger partial charge < -0.3 is 14.4 Å². The summed E-state index contributed by atoms with van der Waals surface area (Å²) in [5, 5.41) is 0. The lowest BCUT2D eigenvalue weighted by molar-refractivity contribution is -0.130. The highest BCUT2D eigenvalue weighted by molar-refractivity contribution is 6.17. The molecule has 1 amide bonds. The zero-order valence-corrected chi connectivity index (χ0v) is 10.00. The minimum atomic E-state index is -0.00467. The molecule has 0 aliphatic carbocycles. The van der Waals surface area contributed by atoms with Crippen LogP contribution in [0, 0.1) is 0 Å². The van der Waals surface area contributed by atoms with Crippen LogP contribution in [0.1, 0.15) is 12.8 Å². The highest BCUT2D eigenvalue weighted by atomic mass is 35.5. The van der Waals surface area contributed by atoms with E-state index in [0.29, 0.717) is 25.4 Å². The van der Waals surface area contributed by atoms with Gasteiger partial charge in [0, 0.05) is 39.6 Å². The largest absolute Gasteiger partial charge is 0.377 e. The summed E-state index contributed by atoms with van der Waals surface area (Å²) in [7, 11) is 3.28. The Bertz CT molecular complexity index is 201. The Morgan fingerprint density at radius 2 is 1.87 bits per heavy atom. The molecule has 1 saturated heterocycles. The summed E-state index contributed by atoms with van der Waals surface area (Å²) >= 11 is 5.54. The molecule has 2 atom stereocenters. The maximum absolute atomic E-state index is 11.7. The van der Waals surface area contributed by atoms with Crippen molar-refractivity contribution in [2.75, 3.05) is 33.2 Å². The van der Waals surface area contributed by atoms with E-state index in [9.17, 15) is 4.79 Å². The van der Waals surface area contributed by atoms with Crippen molar-refractivity contribution in [1.82, 2.24) is 4.90 Å². The van der Waals surface area contributed by atoms with Crippen LogP contribution in [0.5, 0.6) is 0 Å². The molecule has 0 radical (unpaired) electrons. The first-order valence-corrected chi connectivity index (χ1v) is 5.65. The Morgan fingerprint density at radius 1 is 1.33 bits per heavy atom. The average molecular weight is 236 g/mol. The van der Waals surface area contributed by atoms with E-state index >= 15 is 0 Å². The van der Waals surface area contributed by atoms with Crippen LogP contribution in [-0.4, -0.2) is 56.2 Å². The van der Waals surface area contributed by atoms with Crippen molar-refractivity contribution in [3.8, 4) is 0 Å². The van der Waals surface area contributed by atoms with E-state index in [1.54, 1.807) is 19.1 Å². The molecule has 0 N–H and O–H groups in total. The first kappa shape index (κ1) is 12.7. The number of ether oxygens (including phenoxy) is 2. The van der Waals surface area contributed by atoms with E-state index in [-0.39, 0.29) is 18.1 Å². The standard InChI is InChI=1S/C10H18ClNO3/c1-14-8-6-12(7-9(8)15-2)10(13)4-3-5-11/h8-9H,3-7H2,1-2H3. The Morgan fingerprint density at radius 3 is 2.27 bits per heavy atom. The van der Waals surface area contributed by atoms with E-state index in [2.05, 4.69) is 0 Å². The summed E-state index contributed by atoms with van der Waals surface area (Å²) in [5.41, 5.74) is 0. The zero-order chi connectivity index (χ0) is 11.3. The number of hydrogen-bond donors (Lipinski definition) is 0. The Labute approximate surface area is 95.5 Å². The van der Waals surface area contributed by atoms with Crippen LogP contribution in [-0.2, 0) is 14.3 Å². The Hall–Kier alpha value is -0.320. The molecule has 1 fully saturated rings.